The van der Waals surface area contributed by atoms with Crippen LogP contribution in [0.4, 0.5) is 0 Å². The van der Waals surface area contributed by atoms with Gasteiger partial charge in [-0.1, -0.05) is 0 Å². The first-order valence-corrected chi connectivity index (χ1v) is 3.80. The Kier molecular flexibility index (Phi) is 14.8. The van der Waals surface area contributed by atoms with Gasteiger partial charge >= 0.3 is 0 Å². The second kappa shape index (κ2) is 10.5. The fourth-order valence-corrected chi connectivity index (χ4v) is 0. The fourth-order valence-electron chi connectivity index (χ4n) is 0. The van der Waals surface area contributed by atoms with Crippen LogP contribution in [0.5, 0.6) is 0 Å². The Labute approximate surface area is 59.4 Å². The van der Waals surface area contributed by atoms with Gasteiger partial charge in [-0.2, -0.15) is 0 Å². The van der Waals surface area contributed by atoms with Gasteiger partial charge in [0.05, 0.1) is 0 Å². The number of rotatable bonds is 1. The van der Waals surface area contributed by atoms with Crippen LogP contribution in [0.1, 0.15) is 0 Å². The quantitative estimate of drug-likeness (QED) is 0.352. The zero-order chi connectivity index (χ0) is 6.99. The van der Waals surface area contributed by atoms with Gasteiger partial charge in [0.2, 0.25) is 0 Å². The molecule has 0 radical (unpaired) electrons. The van der Waals surface area contributed by atoms with Gasteiger partial charge in [-0.3, -0.25) is 4.55 Å². The summed E-state index contributed by atoms with van der Waals surface area (Å²) in [5, 5.41) is 0. The zero-order valence-electron chi connectivity index (χ0n) is 3.88. The lowest BCUT2D eigenvalue weighted by atomic mass is 11.0. The van der Waals surface area contributed by atoms with Gasteiger partial charge in [-0.15, -0.1) is 23.2 Å². The molecule has 1 N–H and O–H groups in total. The van der Waals surface area contributed by atoms with Crippen LogP contribution in [0.25, 0.3) is 0 Å². The third-order valence-electron chi connectivity index (χ3n) is 0.0714. The van der Waals surface area contributed by atoms with Crippen LogP contribution >= 0.6 is 23.2 Å². The third kappa shape index (κ3) is 88.1. The van der Waals surface area contributed by atoms with Gasteiger partial charge in [0.1, 0.15) is 0 Å². The molecule has 0 aliphatic rings. The first-order chi connectivity index (χ1) is 3.65. The van der Waals surface area contributed by atoms with E-state index < -0.39 is 11.0 Å². The van der Waals surface area contributed by atoms with Gasteiger partial charge in [0, 0.05) is 11.8 Å². The van der Waals surface area contributed by atoms with E-state index in [1.54, 1.807) is 0 Å². The van der Waals surface area contributed by atoms with E-state index in [1.165, 1.54) is 0 Å². The zero-order valence-corrected chi connectivity index (χ0v) is 6.29. The molecule has 0 saturated carbocycles. The van der Waals surface area contributed by atoms with Gasteiger partial charge in [0.25, 0.3) is 11.0 Å². The van der Waals surface area contributed by atoms with Crippen LogP contribution in [-0.4, -0.2) is 24.7 Å². The lowest BCUT2D eigenvalue weighted by Gasteiger charge is -1.63. The lowest BCUT2D eigenvalue weighted by molar-refractivity contribution is 0.509. The van der Waals surface area contributed by atoms with E-state index in [2.05, 4.69) is 0 Å². The van der Waals surface area contributed by atoms with Crippen LogP contribution in [0.15, 0.2) is 0 Å². The van der Waals surface area contributed by atoms with Crippen molar-refractivity contribution in [3.8, 4) is 0 Å². The van der Waals surface area contributed by atoms with Crippen LogP contribution in [0.2, 0.25) is 0 Å². The largest absolute Gasteiger partial charge is 0.288 e. The van der Waals surface area contributed by atoms with Crippen molar-refractivity contribution in [3.63, 3.8) is 0 Å². The van der Waals surface area contributed by atoms with E-state index in [0.717, 1.165) is 0 Å². The molecule has 0 atom stereocenters. The highest BCUT2D eigenvalue weighted by Crippen LogP contribution is 1.75. The summed E-state index contributed by atoms with van der Waals surface area (Å²) in [6.45, 7) is 0. The Morgan fingerprint density at radius 2 is 1.38 bits per heavy atom. The summed E-state index contributed by atoms with van der Waals surface area (Å²) in [7, 11) is -3.12. The van der Waals surface area contributed by atoms with Gasteiger partial charge < -0.3 is 0 Å². The van der Waals surface area contributed by atoms with E-state index >= 15 is 0 Å². The fraction of sp³-hybridized carbons (Fsp3) is 1.00. The summed E-state index contributed by atoms with van der Waals surface area (Å²) in [5.41, 5.74) is 0. The standard InChI is InChI=1S/C2H4Cl2.H2O3S/c3-1-2-4;1-4(2)3/h1-2H2;4H,(H,1,2,3). The molecule has 0 aliphatic carbocycles. The van der Waals surface area contributed by atoms with Crippen LogP contribution < -0.4 is 0 Å². The lowest BCUT2D eigenvalue weighted by Crippen LogP contribution is -1.63. The molecule has 0 aromatic heterocycles. The van der Waals surface area contributed by atoms with Gasteiger partial charge in [0.15, 0.2) is 0 Å². The van der Waals surface area contributed by atoms with Crippen LogP contribution in [0.3, 0.4) is 0 Å². The second-order valence-corrected chi connectivity index (χ2v) is 1.85. The van der Waals surface area contributed by atoms with Crippen LogP contribution in [0, 0.1) is 0 Å². The maximum Gasteiger partial charge on any atom is 0.254 e. The molecule has 0 aliphatic heterocycles. The highest BCUT2D eigenvalue weighted by molar-refractivity contribution is 7.66. The smallest absolute Gasteiger partial charge is 0.254 e. The topological polar surface area (TPSA) is 54.4 Å². The Hall–Kier alpha value is 0.490. The molecule has 0 rings (SSSR count). The highest BCUT2D eigenvalue weighted by Gasteiger charge is 1.61. The molecule has 0 unspecified atom stereocenters. The normalized spacial score (nSPS) is 8.00. The highest BCUT2D eigenvalue weighted by atomic mass is 35.5. The van der Waals surface area contributed by atoms with E-state index in [1.807, 2.05) is 0 Å². The van der Waals surface area contributed by atoms with Crippen molar-refractivity contribution in [2.45, 2.75) is 0 Å². The van der Waals surface area contributed by atoms with Crippen molar-refractivity contribution in [2.75, 3.05) is 11.8 Å². The average Bonchev–Trinajstić information content (AvgIpc) is 1.65. The molecule has 0 aromatic rings. The molecule has 0 heterocycles. The number of thiol groups is 1. The minimum atomic E-state index is -3.12. The Balaban J connectivity index is 0. The summed E-state index contributed by atoms with van der Waals surface area (Å²) >= 11 is 10.1. The first kappa shape index (κ1) is 11.3. The summed E-state index contributed by atoms with van der Waals surface area (Å²) in [6.07, 6.45) is 0. The maximum absolute atomic E-state index is 8.59. The van der Waals surface area contributed by atoms with E-state index in [0.29, 0.717) is 11.8 Å². The Morgan fingerprint density at radius 3 is 1.38 bits per heavy atom. The van der Waals surface area contributed by atoms with Gasteiger partial charge in [-0.05, 0) is 0 Å². The second-order valence-electron chi connectivity index (χ2n) is 0.616. The Morgan fingerprint density at radius 1 is 1.25 bits per heavy atom. The predicted molar refractivity (Wildman–Crippen MR) is 34.4 cm³/mol. The van der Waals surface area contributed by atoms with Crippen LogP contribution in [-0.2, 0) is 11.0 Å². The molecular weight excluding hydrogens is 175 g/mol. The minimum Gasteiger partial charge on any atom is -0.288 e. The molecule has 0 aromatic carbocycles. The van der Waals surface area contributed by atoms with E-state index in [9.17, 15) is 0 Å². The summed E-state index contributed by atoms with van der Waals surface area (Å²) in [4.78, 5) is 0. The maximum atomic E-state index is 8.59. The molecule has 0 spiro atoms. The molecule has 0 bridgehead atoms. The molecular formula is C2H6Cl2O3S. The van der Waals surface area contributed by atoms with Crippen molar-refractivity contribution in [1.29, 1.82) is 0 Å². The molecule has 6 heteroatoms. The van der Waals surface area contributed by atoms with E-state index in [4.69, 9.17) is 36.2 Å². The number of hydrogen-bond donors (Lipinski definition) is 2. The van der Waals surface area contributed by atoms with Crippen molar-refractivity contribution in [3.05, 3.63) is 0 Å². The molecule has 0 saturated heterocycles. The van der Waals surface area contributed by atoms with E-state index in [-0.39, 0.29) is 0 Å². The van der Waals surface area contributed by atoms with Crippen molar-refractivity contribution in [1.82, 2.24) is 0 Å². The Bertz CT molecular complexity index is 81.3. The SMILES string of the molecule is ClCCCl.O=[SH](=O)O. The monoisotopic (exact) mass is 180 g/mol. The third-order valence-corrected chi connectivity index (χ3v) is 0.643. The predicted octanol–water partition coefficient (Wildman–Crippen LogP) is 0.535. The minimum absolute atomic E-state index is 0.557. The molecule has 0 fully saturated rings. The molecule has 52 valence electrons. The molecule has 3 nitrogen and oxygen atoms in total. The first-order valence-electron chi connectivity index (χ1n) is 1.60. The van der Waals surface area contributed by atoms with Gasteiger partial charge in [-0.25, -0.2) is 8.42 Å². The summed E-state index contributed by atoms with van der Waals surface area (Å²) < 4.78 is 24.2. The summed E-state index contributed by atoms with van der Waals surface area (Å²) in [5.74, 6) is 1.11. The molecule has 0 amide bonds. The van der Waals surface area contributed by atoms with Crippen molar-refractivity contribution in [2.24, 2.45) is 0 Å². The van der Waals surface area contributed by atoms with Crippen molar-refractivity contribution >= 4 is 34.2 Å². The molecule has 8 heavy (non-hydrogen) atoms. The number of halogens is 2. The summed E-state index contributed by atoms with van der Waals surface area (Å²) in [6, 6.07) is 0. The van der Waals surface area contributed by atoms with Crippen molar-refractivity contribution < 1.29 is 13.0 Å². The number of hydrogen-bond acceptors (Lipinski definition) is 2. The number of alkyl halides is 2. The average molecular weight is 181 g/mol.